The van der Waals surface area contributed by atoms with E-state index in [0.717, 1.165) is 11.1 Å². The summed E-state index contributed by atoms with van der Waals surface area (Å²) in [5, 5.41) is 15.0. The van der Waals surface area contributed by atoms with Gasteiger partial charge in [-0.2, -0.15) is 5.26 Å². The van der Waals surface area contributed by atoms with Gasteiger partial charge in [-0.1, -0.05) is 72.8 Å². The van der Waals surface area contributed by atoms with Crippen molar-refractivity contribution in [2.45, 2.75) is 19.5 Å². The molecule has 166 valence electrons. The van der Waals surface area contributed by atoms with Crippen LogP contribution in [-0.2, 0) is 16.1 Å². The van der Waals surface area contributed by atoms with Gasteiger partial charge < -0.3 is 15.4 Å². The molecule has 0 aliphatic carbocycles. The molecule has 1 atom stereocenters. The van der Waals surface area contributed by atoms with Crippen LogP contribution < -0.4 is 15.4 Å². The Bertz CT molecular complexity index is 1130. The molecule has 0 radical (unpaired) electrons. The Kier molecular flexibility index (Phi) is 8.38. The summed E-state index contributed by atoms with van der Waals surface area (Å²) >= 11 is 0. The van der Waals surface area contributed by atoms with Gasteiger partial charge in [-0.3, -0.25) is 9.59 Å². The van der Waals surface area contributed by atoms with Gasteiger partial charge in [-0.05, 0) is 41.8 Å². The van der Waals surface area contributed by atoms with Crippen LogP contribution in [0.15, 0.2) is 90.5 Å². The molecule has 0 spiro atoms. The summed E-state index contributed by atoms with van der Waals surface area (Å²) in [6.45, 7) is 2.14. The van der Waals surface area contributed by atoms with Gasteiger partial charge in [0, 0.05) is 6.54 Å². The molecular formula is C27H25N3O3. The van der Waals surface area contributed by atoms with Crippen molar-refractivity contribution in [3.8, 4) is 11.8 Å². The molecule has 0 heterocycles. The molecule has 3 rings (SSSR count). The van der Waals surface area contributed by atoms with Crippen molar-refractivity contribution in [1.82, 2.24) is 10.6 Å². The van der Waals surface area contributed by atoms with Gasteiger partial charge in [0.05, 0.1) is 6.04 Å². The van der Waals surface area contributed by atoms with Gasteiger partial charge >= 0.3 is 0 Å². The van der Waals surface area contributed by atoms with E-state index in [0.29, 0.717) is 17.9 Å². The zero-order valence-electron chi connectivity index (χ0n) is 18.3. The molecule has 0 saturated heterocycles. The average molecular weight is 440 g/mol. The lowest BCUT2D eigenvalue weighted by Gasteiger charge is -2.14. The fourth-order valence-electron chi connectivity index (χ4n) is 3.11. The minimum atomic E-state index is -0.439. The lowest BCUT2D eigenvalue weighted by molar-refractivity contribution is -0.123. The highest BCUT2D eigenvalue weighted by Gasteiger charge is 2.11. The van der Waals surface area contributed by atoms with E-state index in [1.807, 2.05) is 73.7 Å². The van der Waals surface area contributed by atoms with Gasteiger partial charge in [0.2, 0.25) is 0 Å². The number of nitriles is 1. The average Bonchev–Trinajstić information content (AvgIpc) is 2.86. The number of benzene rings is 3. The second-order valence-electron chi connectivity index (χ2n) is 7.40. The third-order valence-electron chi connectivity index (χ3n) is 4.90. The SMILES string of the molecule is C[C@@H](NC(=O)COc1ccc(/C=C(\C#N)C(=O)NCc2ccccc2)cc1)c1ccccc1. The minimum absolute atomic E-state index is 0.00822. The molecule has 0 bridgehead atoms. The molecule has 0 fully saturated rings. The number of carbonyl (C=O) groups is 2. The number of nitrogens with zero attached hydrogens (tertiary/aromatic N) is 1. The van der Waals surface area contributed by atoms with Crippen molar-refractivity contribution in [1.29, 1.82) is 5.26 Å². The highest BCUT2D eigenvalue weighted by atomic mass is 16.5. The van der Waals surface area contributed by atoms with Crippen LogP contribution in [0.4, 0.5) is 0 Å². The summed E-state index contributed by atoms with van der Waals surface area (Å²) < 4.78 is 5.55. The second kappa shape index (κ2) is 11.9. The Hall–Kier alpha value is -4.37. The van der Waals surface area contributed by atoms with E-state index in [2.05, 4.69) is 10.6 Å². The molecule has 3 aromatic carbocycles. The fourth-order valence-corrected chi connectivity index (χ4v) is 3.11. The number of hydrogen-bond acceptors (Lipinski definition) is 4. The Morgan fingerprint density at radius 3 is 2.24 bits per heavy atom. The highest BCUT2D eigenvalue weighted by Crippen LogP contribution is 2.15. The Morgan fingerprint density at radius 2 is 1.61 bits per heavy atom. The number of amides is 2. The number of hydrogen-bond donors (Lipinski definition) is 2. The molecule has 2 N–H and O–H groups in total. The summed E-state index contributed by atoms with van der Waals surface area (Å²) in [7, 11) is 0. The maximum atomic E-state index is 12.3. The van der Waals surface area contributed by atoms with Crippen molar-refractivity contribution in [3.05, 3.63) is 107 Å². The van der Waals surface area contributed by atoms with Crippen LogP contribution in [0.1, 0.15) is 29.7 Å². The highest BCUT2D eigenvalue weighted by molar-refractivity contribution is 6.01. The maximum Gasteiger partial charge on any atom is 0.262 e. The summed E-state index contributed by atoms with van der Waals surface area (Å²) in [5.41, 5.74) is 2.65. The molecule has 0 aliphatic rings. The predicted molar refractivity (Wildman–Crippen MR) is 127 cm³/mol. The molecule has 6 heteroatoms. The number of rotatable bonds is 9. The first-order valence-corrected chi connectivity index (χ1v) is 10.6. The van der Waals surface area contributed by atoms with Gasteiger partial charge in [-0.15, -0.1) is 0 Å². The molecule has 3 aromatic rings. The van der Waals surface area contributed by atoms with E-state index in [-0.39, 0.29) is 24.1 Å². The minimum Gasteiger partial charge on any atom is -0.484 e. The Labute approximate surface area is 193 Å². The first-order chi connectivity index (χ1) is 16.0. The number of ether oxygens (including phenoxy) is 1. The van der Waals surface area contributed by atoms with Gasteiger partial charge in [0.1, 0.15) is 17.4 Å². The van der Waals surface area contributed by atoms with Crippen LogP contribution in [0.25, 0.3) is 6.08 Å². The fraction of sp³-hybridized carbons (Fsp3) is 0.148. The second-order valence-corrected chi connectivity index (χ2v) is 7.40. The van der Waals surface area contributed by atoms with E-state index in [1.165, 1.54) is 6.08 Å². The first-order valence-electron chi connectivity index (χ1n) is 10.6. The molecule has 2 amide bonds. The van der Waals surface area contributed by atoms with Crippen LogP contribution in [0.3, 0.4) is 0 Å². The molecule has 6 nitrogen and oxygen atoms in total. The summed E-state index contributed by atoms with van der Waals surface area (Å²) in [5.74, 6) is -0.148. The number of nitrogens with one attached hydrogen (secondary N) is 2. The van der Waals surface area contributed by atoms with Crippen LogP contribution in [0.5, 0.6) is 5.75 Å². The molecule has 0 unspecified atom stereocenters. The van der Waals surface area contributed by atoms with E-state index in [9.17, 15) is 14.9 Å². The van der Waals surface area contributed by atoms with Gasteiger partial charge in [-0.25, -0.2) is 0 Å². The van der Waals surface area contributed by atoms with Crippen LogP contribution in [0.2, 0.25) is 0 Å². The standard InChI is InChI=1S/C27H25N3O3/c1-20(23-10-6-3-7-11-23)30-26(31)19-33-25-14-12-21(13-15-25)16-24(17-28)27(32)29-18-22-8-4-2-5-9-22/h2-16,20H,18-19H2,1H3,(H,29,32)(H,30,31)/b24-16+/t20-/m1/s1. The smallest absolute Gasteiger partial charge is 0.262 e. The topological polar surface area (TPSA) is 91.2 Å². The third-order valence-corrected chi connectivity index (χ3v) is 4.90. The molecule has 0 saturated carbocycles. The van der Waals surface area contributed by atoms with Crippen molar-refractivity contribution >= 4 is 17.9 Å². The molecular weight excluding hydrogens is 414 g/mol. The van der Waals surface area contributed by atoms with Crippen molar-refractivity contribution in [2.75, 3.05) is 6.61 Å². The molecule has 0 aliphatic heterocycles. The van der Waals surface area contributed by atoms with Gasteiger partial charge in [0.25, 0.3) is 11.8 Å². The quantitative estimate of drug-likeness (QED) is 0.387. The van der Waals surface area contributed by atoms with Crippen LogP contribution in [-0.4, -0.2) is 18.4 Å². The zero-order valence-corrected chi connectivity index (χ0v) is 18.3. The van der Waals surface area contributed by atoms with E-state index >= 15 is 0 Å². The van der Waals surface area contributed by atoms with E-state index in [1.54, 1.807) is 24.3 Å². The van der Waals surface area contributed by atoms with Crippen LogP contribution >= 0.6 is 0 Å². The molecule has 33 heavy (non-hydrogen) atoms. The lowest BCUT2D eigenvalue weighted by Crippen LogP contribution is -2.31. The van der Waals surface area contributed by atoms with Gasteiger partial charge in [0.15, 0.2) is 6.61 Å². The summed E-state index contributed by atoms with van der Waals surface area (Å²) in [4.78, 5) is 24.5. The van der Waals surface area contributed by atoms with Crippen molar-refractivity contribution in [2.24, 2.45) is 0 Å². The maximum absolute atomic E-state index is 12.3. The van der Waals surface area contributed by atoms with E-state index in [4.69, 9.17) is 4.74 Å². The summed E-state index contributed by atoms with van der Waals surface area (Å²) in [6, 6.07) is 27.8. The monoisotopic (exact) mass is 439 g/mol. The lowest BCUT2D eigenvalue weighted by atomic mass is 10.1. The Balaban J connectivity index is 1.51. The zero-order chi connectivity index (χ0) is 23.5. The first kappa shape index (κ1) is 23.3. The predicted octanol–water partition coefficient (Wildman–Crippen LogP) is 4.17. The van der Waals surface area contributed by atoms with Crippen molar-refractivity contribution < 1.29 is 14.3 Å². The van der Waals surface area contributed by atoms with Crippen molar-refractivity contribution in [3.63, 3.8) is 0 Å². The largest absolute Gasteiger partial charge is 0.484 e. The summed E-state index contributed by atoms with van der Waals surface area (Å²) in [6.07, 6.45) is 1.51. The third kappa shape index (κ3) is 7.37. The molecule has 0 aromatic heterocycles. The number of carbonyl (C=O) groups excluding carboxylic acids is 2. The normalized spacial score (nSPS) is 11.7. The van der Waals surface area contributed by atoms with E-state index < -0.39 is 5.91 Å². The van der Waals surface area contributed by atoms with Crippen LogP contribution in [0, 0.1) is 11.3 Å². The Morgan fingerprint density at radius 1 is 0.970 bits per heavy atom.